The molecule has 59 heavy (non-hydrogen) atoms. The summed E-state index contributed by atoms with van der Waals surface area (Å²) in [6.45, 7) is 5.14. The molecule has 0 amide bonds. The maximum Gasteiger partial charge on any atom is 0.235 e. The van der Waals surface area contributed by atoms with Gasteiger partial charge in [0.1, 0.15) is 0 Å². The van der Waals surface area contributed by atoms with E-state index in [0.717, 1.165) is 154 Å². The fraction of sp³-hybridized carbons (Fsp3) is 0.915. The minimum absolute atomic E-state index is 0.0787. The van der Waals surface area contributed by atoms with E-state index in [-0.39, 0.29) is 12.8 Å². The molecule has 0 N–H and O–H groups in total. The van der Waals surface area contributed by atoms with Gasteiger partial charge in [-0.1, -0.05) is 155 Å². The third-order valence-electron chi connectivity index (χ3n) is 11.7. The molecule has 0 unspecified atom stereocenters. The molecule has 0 heterocycles. The third-order valence-corrected chi connectivity index (χ3v) is 17.7. The van der Waals surface area contributed by atoms with Gasteiger partial charge in [-0.15, -0.1) is 0 Å². The van der Waals surface area contributed by atoms with Gasteiger partial charge in [-0.2, -0.15) is 21.0 Å². The monoisotopic (exact) mass is 863 g/mol. The first-order valence-electron chi connectivity index (χ1n) is 24.1. The summed E-state index contributed by atoms with van der Waals surface area (Å²) < 4.78 is 62.4. The van der Waals surface area contributed by atoms with Crippen LogP contribution < -0.4 is 0 Å². The Hall–Kier alpha value is -2.22. The van der Waals surface area contributed by atoms with Crippen molar-refractivity contribution >= 4 is 20.0 Å². The van der Waals surface area contributed by atoms with Gasteiger partial charge in [-0.25, -0.2) is 25.4 Å². The Kier molecular flexibility index (Phi) is 37.2. The predicted molar refractivity (Wildman–Crippen MR) is 244 cm³/mol. The summed E-state index contributed by atoms with van der Waals surface area (Å²) in [6, 6.07) is 8.82. The summed E-state index contributed by atoms with van der Waals surface area (Å²) in [7, 11) is -8.54. The van der Waals surface area contributed by atoms with Gasteiger partial charge in [0, 0.05) is 51.9 Å². The Morgan fingerprint density at radius 3 is 0.712 bits per heavy atom. The molecule has 0 aromatic carbocycles. The molecule has 0 rings (SSSR count). The van der Waals surface area contributed by atoms with Crippen LogP contribution in [0.5, 0.6) is 0 Å². The van der Waals surface area contributed by atoms with Crippen molar-refractivity contribution in [1.29, 1.82) is 21.0 Å². The van der Waals surface area contributed by atoms with Crippen molar-refractivity contribution < 1.29 is 16.8 Å². The van der Waals surface area contributed by atoms with E-state index >= 15 is 16.8 Å². The molecule has 0 atom stereocenters. The average Bonchev–Trinajstić information content (AvgIpc) is 3.22. The van der Waals surface area contributed by atoms with E-state index in [9.17, 15) is 0 Å². The molecule has 10 nitrogen and oxygen atoms in total. The molecule has 12 heteroatoms. The van der Waals surface area contributed by atoms with Crippen LogP contribution in [0.3, 0.4) is 0 Å². The summed E-state index contributed by atoms with van der Waals surface area (Å²) in [6.07, 6.45) is 30.0. The highest BCUT2D eigenvalue weighted by Gasteiger charge is 2.57. The third kappa shape index (κ3) is 25.3. The van der Waals surface area contributed by atoms with Crippen molar-refractivity contribution in [3.05, 3.63) is 0 Å². The maximum atomic E-state index is 15.3. The molecule has 0 bridgehead atoms. The van der Waals surface area contributed by atoms with Gasteiger partial charge >= 0.3 is 0 Å². The summed E-state index contributed by atoms with van der Waals surface area (Å²) in [5, 5.41) is 35.3. The van der Waals surface area contributed by atoms with Crippen LogP contribution in [-0.4, -0.2) is 55.7 Å². The lowest BCUT2D eigenvalue weighted by atomic mass is 10.1. The van der Waals surface area contributed by atoms with Crippen LogP contribution in [0, 0.1) is 45.3 Å². The van der Waals surface area contributed by atoms with Crippen LogP contribution in [0.15, 0.2) is 0 Å². The summed E-state index contributed by atoms with van der Waals surface area (Å²) in [4.78, 5) is 0. The number of rotatable bonds is 44. The lowest BCUT2D eigenvalue weighted by Gasteiger charge is -2.40. The Balaban J connectivity index is 6.26. The van der Waals surface area contributed by atoms with Crippen molar-refractivity contribution in [2.24, 2.45) is 0 Å². The van der Waals surface area contributed by atoms with Crippen LogP contribution in [0.1, 0.15) is 245 Å². The number of hydrogen-bond donors (Lipinski definition) is 0. The average molecular weight is 863 g/mol. The molecular weight excluding hydrogens is 777 g/mol. The number of hydrogen-bond acceptors (Lipinski definition) is 8. The van der Waals surface area contributed by atoms with Gasteiger partial charge in [0.25, 0.3) is 0 Å². The van der Waals surface area contributed by atoms with Crippen LogP contribution in [0.4, 0.5) is 0 Å². The molecule has 0 saturated heterocycles. The van der Waals surface area contributed by atoms with Crippen LogP contribution >= 0.6 is 0 Å². The zero-order valence-electron chi connectivity index (χ0n) is 37.9. The smallest absolute Gasteiger partial charge is 0.210 e. The molecule has 0 aliphatic heterocycles. The van der Waals surface area contributed by atoms with E-state index in [1.807, 2.05) is 13.8 Å². The molecule has 0 aliphatic rings. The number of unbranched alkanes of at least 4 members (excludes halogenated alkanes) is 28. The van der Waals surface area contributed by atoms with Crippen LogP contribution in [0.25, 0.3) is 0 Å². The first-order chi connectivity index (χ1) is 28.7. The van der Waals surface area contributed by atoms with Gasteiger partial charge in [-0.3, -0.25) is 0 Å². The van der Waals surface area contributed by atoms with Crippen molar-refractivity contribution in [1.82, 2.24) is 8.61 Å². The minimum Gasteiger partial charge on any atom is -0.210 e. The van der Waals surface area contributed by atoms with Crippen molar-refractivity contribution in [2.75, 3.05) is 26.2 Å². The molecule has 0 saturated carbocycles. The molecule has 340 valence electrons. The normalized spacial score (nSPS) is 12.1. The standard InChI is InChI=1S/C47H86N6O4S2/c1-3-37-47(38-4-2,58(54,55)52(43-33-25-17-9-5-13-21-29-39-48)44-34-26-18-10-6-14-22-30-40-49)59(56,57)53(45-35-27-19-11-7-15-23-31-41-50)46-36-28-20-12-8-16-24-32-42-51/h3-38,43-46H2,1-2H3. The number of nitriles is 4. The molecular formula is C47H86N6O4S2. The predicted octanol–water partition coefficient (Wildman–Crippen LogP) is 13.1. The molecule has 0 fully saturated rings. The topological polar surface area (TPSA) is 170 Å². The van der Waals surface area contributed by atoms with Crippen LogP contribution in [0.2, 0.25) is 0 Å². The Labute approximate surface area is 364 Å². The van der Waals surface area contributed by atoms with Gasteiger partial charge in [0.2, 0.25) is 24.1 Å². The number of nitrogens with zero attached hydrogens (tertiary/aromatic N) is 6. The Bertz CT molecular complexity index is 1220. The highest BCUT2D eigenvalue weighted by molar-refractivity contribution is 8.08. The molecule has 0 spiro atoms. The van der Waals surface area contributed by atoms with E-state index in [0.29, 0.717) is 90.4 Å². The molecule has 0 aromatic rings. The Morgan fingerprint density at radius 1 is 0.339 bits per heavy atom. The van der Waals surface area contributed by atoms with Crippen molar-refractivity contribution in [3.8, 4) is 24.3 Å². The molecule has 0 radical (unpaired) electrons. The van der Waals surface area contributed by atoms with E-state index in [1.165, 1.54) is 0 Å². The van der Waals surface area contributed by atoms with E-state index in [2.05, 4.69) is 24.3 Å². The second-order valence-corrected chi connectivity index (χ2v) is 21.5. The lowest BCUT2D eigenvalue weighted by molar-refractivity contribution is 0.346. The first kappa shape index (κ1) is 56.8. The second-order valence-electron chi connectivity index (χ2n) is 16.8. The zero-order chi connectivity index (χ0) is 43.8. The summed E-state index contributed by atoms with van der Waals surface area (Å²) >= 11 is 0. The minimum atomic E-state index is -4.27. The highest BCUT2D eigenvalue weighted by atomic mass is 32.3. The second kappa shape index (κ2) is 38.7. The highest BCUT2D eigenvalue weighted by Crippen LogP contribution is 2.40. The molecule has 0 aliphatic carbocycles. The fourth-order valence-electron chi connectivity index (χ4n) is 8.22. The quantitative estimate of drug-likeness (QED) is 0.0545. The van der Waals surface area contributed by atoms with Crippen molar-refractivity contribution in [3.63, 3.8) is 0 Å². The largest absolute Gasteiger partial charge is 0.235 e. The van der Waals surface area contributed by atoms with E-state index in [1.54, 1.807) is 8.61 Å². The maximum absolute atomic E-state index is 15.3. The summed E-state index contributed by atoms with van der Waals surface area (Å²) in [5.41, 5.74) is 0. The van der Waals surface area contributed by atoms with E-state index < -0.39 is 24.1 Å². The SMILES string of the molecule is CCCC(CCC)(S(=O)(=O)N(CCCCCCCCCC#N)CCCCCCCCCC#N)S(=O)(=O)N(CCCCCCCCCC#N)CCCCCCCCCC#N. The van der Waals surface area contributed by atoms with Gasteiger partial charge in [0.15, 0.2) is 0 Å². The summed E-state index contributed by atoms with van der Waals surface area (Å²) in [5.74, 6) is 0. The number of sulfonamides is 2. The fourth-order valence-corrected chi connectivity index (χ4v) is 14.2. The van der Waals surface area contributed by atoms with Gasteiger partial charge in [0.05, 0.1) is 24.3 Å². The van der Waals surface area contributed by atoms with Gasteiger partial charge in [-0.05, 0) is 64.2 Å². The zero-order valence-corrected chi connectivity index (χ0v) is 39.6. The molecule has 0 aromatic heterocycles. The lowest BCUT2D eigenvalue weighted by Crippen LogP contribution is -2.58. The van der Waals surface area contributed by atoms with Crippen molar-refractivity contribution in [2.45, 2.75) is 249 Å². The van der Waals surface area contributed by atoms with E-state index in [4.69, 9.17) is 21.0 Å². The van der Waals surface area contributed by atoms with Crippen LogP contribution in [-0.2, 0) is 20.0 Å². The first-order valence-corrected chi connectivity index (χ1v) is 27.0. The Morgan fingerprint density at radius 2 is 0.525 bits per heavy atom. The van der Waals surface area contributed by atoms with Gasteiger partial charge < -0.3 is 0 Å².